The number of nitrogens with zero attached hydrogens (tertiary/aromatic N) is 1. The monoisotopic (exact) mass is 226 g/mol. The number of nitrogens with two attached hydrogens (primary N) is 1. The number of rotatable bonds is 3. The van der Waals surface area contributed by atoms with Gasteiger partial charge in [-0.25, -0.2) is 8.78 Å². The minimum Gasteiger partial charge on any atom is -0.399 e. The summed E-state index contributed by atoms with van der Waals surface area (Å²) < 4.78 is 25.7. The van der Waals surface area contributed by atoms with E-state index in [0.29, 0.717) is 17.4 Å². The van der Waals surface area contributed by atoms with Gasteiger partial charge in [0, 0.05) is 30.0 Å². The molecule has 1 aliphatic carbocycles. The summed E-state index contributed by atoms with van der Waals surface area (Å²) in [5, 5.41) is 0. The molecule has 1 aromatic carbocycles. The lowest BCUT2D eigenvalue weighted by Crippen LogP contribution is -2.37. The number of nitrogen functional groups attached to an aromatic ring is 1. The van der Waals surface area contributed by atoms with Crippen LogP contribution in [-0.2, 0) is 0 Å². The Morgan fingerprint density at radius 1 is 1.38 bits per heavy atom. The van der Waals surface area contributed by atoms with E-state index < -0.39 is 6.43 Å². The van der Waals surface area contributed by atoms with Crippen LogP contribution in [0.1, 0.15) is 31.3 Å². The summed E-state index contributed by atoms with van der Waals surface area (Å²) in [7, 11) is 1.88. The zero-order chi connectivity index (χ0) is 11.7. The molecule has 88 valence electrons. The van der Waals surface area contributed by atoms with Gasteiger partial charge >= 0.3 is 0 Å². The van der Waals surface area contributed by atoms with Crippen molar-refractivity contribution in [2.75, 3.05) is 17.7 Å². The Hall–Kier alpha value is -1.32. The maximum atomic E-state index is 12.9. The van der Waals surface area contributed by atoms with Crippen molar-refractivity contribution in [3.63, 3.8) is 0 Å². The Balaban J connectivity index is 2.30. The number of halogens is 2. The molecule has 0 radical (unpaired) electrons. The molecule has 1 aliphatic rings. The standard InChI is InChI=1S/C12H16F2N2/c1-16(9-3-2-4-9)11-6-5-8(15)7-10(11)12(13)14/h5-7,9,12H,2-4,15H2,1H3. The van der Waals surface area contributed by atoms with Crippen molar-refractivity contribution >= 4 is 11.4 Å². The van der Waals surface area contributed by atoms with E-state index in [-0.39, 0.29) is 5.56 Å². The summed E-state index contributed by atoms with van der Waals surface area (Å²) in [4.78, 5) is 1.95. The summed E-state index contributed by atoms with van der Waals surface area (Å²) >= 11 is 0. The highest BCUT2D eigenvalue weighted by Gasteiger charge is 2.25. The number of hydrogen-bond donors (Lipinski definition) is 1. The fourth-order valence-electron chi connectivity index (χ4n) is 2.04. The van der Waals surface area contributed by atoms with Crippen LogP contribution in [0.4, 0.5) is 20.2 Å². The Bertz CT molecular complexity index is 375. The van der Waals surface area contributed by atoms with Crippen molar-refractivity contribution in [2.24, 2.45) is 0 Å². The van der Waals surface area contributed by atoms with Gasteiger partial charge < -0.3 is 10.6 Å². The van der Waals surface area contributed by atoms with Crippen molar-refractivity contribution in [3.05, 3.63) is 23.8 Å². The summed E-state index contributed by atoms with van der Waals surface area (Å²) in [6.45, 7) is 0. The average molecular weight is 226 g/mol. The molecule has 0 aliphatic heterocycles. The van der Waals surface area contributed by atoms with Crippen LogP contribution in [0.15, 0.2) is 18.2 Å². The molecule has 2 rings (SSSR count). The molecular weight excluding hydrogens is 210 g/mol. The van der Waals surface area contributed by atoms with Crippen LogP contribution in [0.2, 0.25) is 0 Å². The van der Waals surface area contributed by atoms with E-state index in [1.807, 2.05) is 11.9 Å². The predicted octanol–water partition coefficient (Wildman–Crippen LogP) is 3.20. The molecular formula is C12H16F2N2. The van der Waals surface area contributed by atoms with Crippen molar-refractivity contribution < 1.29 is 8.78 Å². The quantitative estimate of drug-likeness (QED) is 0.802. The molecule has 0 bridgehead atoms. The molecule has 0 unspecified atom stereocenters. The van der Waals surface area contributed by atoms with E-state index in [0.717, 1.165) is 12.8 Å². The lowest BCUT2D eigenvalue weighted by molar-refractivity contribution is 0.151. The predicted molar refractivity (Wildman–Crippen MR) is 61.9 cm³/mol. The van der Waals surface area contributed by atoms with Gasteiger partial charge in [-0.3, -0.25) is 0 Å². The second-order valence-corrected chi connectivity index (χ2v) is 4.31. The summed E-state index contributed by atoms with van der Waals surface area (Å²) in [5.41, 5.74) is 6.57. The molecule has 1 saturated carbocycles. The Labute approximate surface area is 94.0 Å². The number of anilines is 2. The van der Waals surface area contributed by atoms with E-state index >= 15 is 0 Å². The highest BCUT2D eigenvalue weighted by molar-refractivity contribution is 5.60. The summed E-state index contributed by atoms with van der Waals surface area (Å²) in [5.74, 6) is 0. The topological polar surface area (TPSA) is 29.3 Å². The van der Waals surface area contributed by atoms with Crippen LogP contribution in [0.5, 0.6) is 0 Å². The van der Waals surface area contributed by atoms with Crippen LogP contribution < -0.4 is 10.6 Å². The van der Waals surface area contributed by atoms with Gasteiger partial charge in [-0.15, -0.1) is 0 Å². The van der Waals surface area contributed by atoms with Gasteiger partial charge in [0.15, 0.2) is 0 Å². The largest absolute Gasteiger partial charge is 0.399 e. The summed E-state index contributed by atoms with van der Waals surface area (Å²) in [6, 6.07) is 5.14. The first kappa shape index (κ1) is 11.2. The highest BCUT2D eigenvalue weighted by Crippen LogP contribution is 2.35. The number of hydrogen-bond acceptors (Lipinski definition) is 2. The first-order valence-electron chi connectivity index (χ1n) is 5.50. The SMILES string of the molecule is CN(c1ccc(N)cc1C(F)F)C1CCC1. The third kappa shape index (κ3) is 1.96. The molecule has 2 N–H and O–H groups in total. The molecule has 0 saturated heterocycles. The first-order chi connectivity index (χ1) is 7.59. The van der Waals surface area contributed by atoms with Crippen molar-refractivity contribution in [2.45, 2.75) is 31.7 Å². The Morgan fingerprint density at radius 3 is 2.56 bits per heavy atom. The molecule has 16 heavy (non-hydrogen) atoms. The van der Waals surface area contributed by atoms with Gasteiger partial charge in [0.2, 0.25) is 0 Å². The molecule has 4 heteroatoms. The van der Waals surface area contributed by atoms with E-state index in [1.54, 1.807) is 12.1 Å². The second-order valence-electron chi connectivity index (χ2n) is 4.31. The Kier molecular flexibility index (Phi) is 2.99. The lowest BCUT2D eigenvalue weighted by Gasteiger charge is -2.37. The highest BCUT2D eigenvalue weighted by atomic mass is 19.3. The van der Waals surface area contributed by atoms with E-state index in [1.165, 1.54) is 12.5 Å². The average Bonchev–Trinajstić information content (AvgIpc) is 2.14. The van der Waals surface area contributed by atoms with Crippen LogP contribution in [-0.4, -0.2) is 13.1 Å². The van der Waals surface area contributed by atoms with Crippen LogP contribution in [0.3, 0.4) is 0 Å². The van der Waals surface area contributed by atoms with Gasteiger partial charge in [-0.2, -0.15) is 0 Å². The minimum absolute atomic E-state index is 0.0365. The van der Waals surface area contributed by atoms with Crippen LogP contribution >= 0.6 is 0 Å². The lowest BCUT2D eigenvalue weighted by atomic mass is 9.91. The molecule has 0 amide bonds. The minimum atomic E-state index is -2.47. The molecule has 0 aromatic heterocycles. The Morgan fingerprint density at radius 2 is 2.06 bits per heavy atom. The van der Waals surface area contributed by atoms with Crippen molar-refractivity contribution in [1.82, 2.24) is 0 Å². The zero-order valence-electron chi connectivity index (χ0n) is 9.29. The number of alkyl halides is 2. The van der Waals surface area contributed by atoms with E-state index in [2.05, 4.69) is 0 Å². The fraction of sp³-hybridized carbons (Fsp3) is 0.500. The van der Waals surface area contributed by atoms with Gasteiger partial charge in [-0.1, -0.05) is 0 Å². The molecule has 0 spiro atoms. The van der Waals surface area contributed by atoms with Crippen molar-refractivity contribution in [1.29, 1.82) is 0 Å². The van der Waals surface area contributed by atoms with E-state index in [9.17, 15) is 8.78 Å². The van der Waals surface area contributed by atoms with Crippen LogP contribution in [0, 0.1) is 0 Å². The zero-order valence-corrected chi connectivity index (χ0v) is 9.29. The van der Waals surface area contributed by atoms with Gasteiger partial charge in [0.05, 0.1) is 0 Å². The first-order valence-corrected chi connectivity index (χ1v) is 5.50. The second kappa shape index (κ2) is 4.28. The molecule has 1 aromatic rings. The third-order valence-corrected chi connectivity index (χ3v) is 3.29. The normalized spacial score (nSPS) is 16.2. The van der Waals surface area contributed by atoms with E-state index in [4.69, 9.17) is 5.73 Å². The maximum absolute atomic E-state index is 12.9. The maximum Gasteiger partial charge on any atom is 0.265 e. The van der Waals surface area contributed by atoms with Crippen LogP contribution in [0.25, 0.3) is 0 Å². The third-order valence-electron chi connectivity index (χ3n) is 3.29. The number of benzene rings is 1. The smallest absolute Gasteiger partial charge is 0.265 e. The van der Waals surface area contributed by atoms with Crippen molar-refractivity contribution in [3.8, 4) is 0 Å². The molecule has 0 atom stereocenters. The summed E-state index contributed by atoms with van der Waals surface area (Å²) in [6.07, 6.45) is 0.891. The fourth-order valence-corrected chi connectivity index (χ4v) is 2.04. The molecule has 2 nitrogen and oxygen atoms in total. The van der Waals surface area contributed by atoms with Gasteiger partial charge in [-0.05, 0) is 37.5 Å². The van der Waals surface area contributed by atoms with Gasteiger partial charge in [0.25, 0.3) is 6.43 Å². The molecule has 1 fully saturated rings. The molecule has 0 heterocycles. The van der Waals surface area contributed by atoms with Gasteiger partial charge in [0.1, 0.15) is 0 Å².